The number of alkyl halides is 3. The van der Waals surface area contributed by atoms with E-state index in [0.717, 1.165) is 19.2 Å². The third-order valence-electron chi connectivity index (χ3n) is 2.92. The molecule has 0 radical (unpaired) electrons. The van der Waals surface area contributed by atoms with Crippen LogP contribution in [0.4, 0.5) is 18.9 Å². The summed E-state index contributed by atoms with van der Waals surface area (Å²) in [6, 6.07) is 1.88. The lowest BCUT2D eigenvalue weighted by atomic mass is 9.94. The van der Waals surface area contributed by atoms with Crippen molar-refractivity contribution in [2.75, 3.05) is 12.8 Å². The van der Waals surface area contributed by atoms with Crippen LogP contribution in [0.15, 0.2) is 12.1 Å². The second-order valence-corrected chi connectivity index (χ2v) is 4.94. The highest BCUT2D eigenvalue weighted by Gasteiger charge is 2.34. The molecule has 5 nitrogen and oxygen atoms in total. The fourth-order valence-corrected chi connectivity index (χ4v) is 2.16. The van der Waals surface area contributed by atoms with E-state index in [1.165, 1.54) is 0 Å². The fraction of sp³-hybridized carbons (Fsp3) is 0.385. The van der Waals surface area contributed by atoms with Gasteiger partial charge in [0.25, 0.3) is 0 Å². The van der Waals surface area contributed by atoms with Crippen LogP contribution < -0.4 is 10.8 Å². The third-order valence-corrected chi connectivity index (χ3v) is 3.24. The minimum atomic E-state index is -4.72. The molecule has 0 fully saturated rings. The number of carbonyl (C=O) groups excluding carboxylic acids is 2. The molecule has 0 aliphatic rings. The maximum atomic E-state index is 12.8. The summed E-state index contributed by atoms with van der Waals surface area (Å²) in [4.78, 5) is 22.1. The van der Waals surface area contributed by atoms with Crippen LogP contribution in [-0.2, 0) is 26.9 Å². The largest absolute Gasteiger partial charge is 0.550 e. The summed E-state index contributed by atoms with van der Waals surface area (Å²) in [6.45, 7) is 0. The number of ether oxygens (including phenoxy) is 1. The Morgan fingerprint density at radius 1 is 1.41 bits per heavy atom. The van der Waals surface area contributed by atoms with E-state index < -0.39 is 41.7 Å². The summed E-state index contributed by atoms with van der Waals surface area (Å²) in [5.74, 6) is -3.57. The van der Waals surface area contributed by atoms with Gasteiger partial charge in [0.2, 0.25) is 0 Å². The Balaban J connectivity index is 3.17. The van der Waals surface area contributed by atoms with Crippen LogP contribution in [0.5, 0.6) is 0 Å². The molecule has 0 bridgehead atoms. The first-order chi connectivity index (χ1) is 10.1. The van der Waals surface area contributed by atoms with Crippen LogP contribution in [0.1, 0.15) is 17.5 Å². The van der Waals surface area contributed by atoms with E-state index in [9.17, 15) is 27.9 Å². The minimum Gasteiger partial charge on any atom is -0.550 e. The van der Waals surface area contributed by atoms with Crippen molar-refractivity contribution in [2.24, 2.45) is 5.92 Å². The van der Waals surface area contributed by atoms with Crippen molar-refractivity contribution in [3.05, 3.63) is 28.3 Å². The molecule has 0 unspecified atom stereocenters. The lowest BCUT2D eigenvalue weighted by Crippen LogP contribution is -2.30. The van der Waals surface area contributed by atoms with Crippen molar-refractivity contribution < 1.29 is 32.6 Å². The van der Waals surface area contributed by atoms with Crippen LogP contribution in [0, 0.1) is 5.92 Å². The molecule has 0 aliphatic heterocycles. The summed E-state index contributed by atoms with van der Waals surface area (Å²) in [5, 5.41) is 10.3. The number of hydrogen-bond donors (Lipinski definition) is 1. The first-order valence-corrected chi connectivity index (χ1v) is 6.36. The molecule has 122 valence electrons. The quantitative estimate of drug-likeness (QED) is 0.647. The zero-order chi connectivity index (χ0) is 17.1. The standard InChI is InChI=1S/C13H13ClF3NO4/c1-22-12(21)7(5-10(19)20)2-6-3-8(13(15,16)17)11(18)9(14)4-6/h3-4,7H,2,5,18H2,1H3,(H,19,20)/p-1/t7-/m0/s1. The van der Waals surface area contributed by atoms with Crippen LogP contribution in [0.3, 0.4) is 0 Å². The third kappa shape index (κ3) is 4.52. The highest BCUT2D eigenvalue weighted by atomic mass is 35.5. The molecular weight excluding hydrogens is 327 g/mol. The Morgan fingerprint density at radius 3 is 2.45 bits per heavy atom. The molecular formula is C13H12ClF3NO4-. The Hall–Kier alpha value is -1.96. The average molecular weight is 339 g/mol. The zero-order valence-corrected chi connectivity index (χ0v) is 12.1. The topological polar surface area (TPSA) is 92.5 Å². The fourth-order valence-electron chi connectivity index (χ4n) is 1.92. The van der Waals surface area contributed by atoms with Gasteiger partial charge < -0.3 is 20.4 Å². The molecule has 0 saturated carbocycles. The second-order valence-electron chi connectivity index (χ2n) is 4.54. The number of benzene rings is 1. The predicted octanol–water partition coefficient (Wildman–Crippen LogP) is 1.41. The van der Waals surface area contributed by atoms with E-state index in [-0.39, 0.29) is 17.0 Å². The molecule has 0 spiro atoms. The summed E-state index contributed by atoms with van der Waals surface area (Å²) < 4.78 is 43.0. The van der Waals surface area contributed by atoms with Crippen molar-refractivity contribution >= 4 is 29.2 Å². The molecule has 1 atom stereocenters. The molecule has 9 heteroatoms. The first kappa shape index (κ1) is 18.1. The van der Waals surface area contributed by atoms with Crippen LogP contribution in [0.2, 0.25) is 5.02 Å². The Bertz CT molecular complexity index is 589. The smallest absolute Gasteiger partial charge is 0.418 e. The van der Waals surface area contributed by atoms with E-state index in [1.807, 2.05) is 0 Å². The summed E-state index contributed by atoms with van der Waals surface area (Å²) in [6.07, 6.45) is -5.71. The SMILES string of the molecule is COC(=O)[C@H](CC(=O)[O-])Cc1cc(Cl)c(N)c(C(F)(F)F)c1. The average Bonchev–Trinajstić information content (AvgIpc) is 2.39. The van der Waals surface area contributed by atoms with E-state index in [0.29, 0.717) is 0 Å². The molecule has 1 aromatic rings. The second kappa shape index (κ2) is 6.87. The maximum Gasteiger partial charge on any atom is 0.418 e. The number of nitrogens with two attached hydrogens (primary N) is 1. The van der Waals surface area contributed by atoms with Gasteiger partial charge in [-0.15, -0.1) is 0 Å². The summed E-state index contributed by atoms with van der Waals surface area (Å²) in [7, 11) is 1.04. The number of esters is 1. The molecule has 0 aliphatic carbocycles. The van der Waals surface area contributed by atoms with Crippen molar-refractivity contribution in [1.29, 1.82) is 0 Å². The van der Waals surface area contributed by atoms with E-state index in [4.69, 9.17) is 17.3 Å². The number of rotatable bonds is 5. The molecule has 0 aromatic heterocycles. The summed E-state index contributed by atoms with van der Waals surface area (Å²) >= 11 is 5.66. The van der Waals surface area contributed by atoms with Gasteiger partial charge in [-0.25, -0.2) is 0 Å². The normalized spacial score (nSPS) is 12.8. The van der Waals surface area contributed by atoms with Gasteiger partial charge in [0.05, 0.1) is 29.3 Å². The lowest BCUT2D eigenvalue weighted by molar-refractivity contribution is -0.306. The number of anilines is 1. The van der Waals surface area contributed by atoms with Crippen molar-refractivity contribution in [3.8, 4) is 0 Å². The number of carboxylic acid groups (broad SMARTS) is 1. The monoisotopic (exact) mass is 338 g/mol. The van der Waals surface area contributed by atoms with Gasteiger partial charge in [0.1, 0.15) is 0 Å². The number of methoxy groups -OCH3 is 1. The number of halogens is 4. The molecule has 0 amide bonds. The van der Waals surface area contributed by atoms with E-state index in [2.05, 4.69) is 4.74 Å². The minimum absolute atomic E-state index is 0.0168. The molecule has 1 aromatic carbocycles. The van der Waals surface area contributed by atoms with Crippen molar-refractivity contribution in [1.82, 2.24) is 0 Å². The zero-order valence-electron chi connectivity index (χ0n) is 11.4. The van der Waals surface area contributed by atoms with Gasteiger partial charge >= 0.3 is 12.1 Å². The highest BCUT2D eigenvalue weighted by Crippen LogP contribution is 2.38. The van der Waals surface area contributed by atoms with Crippen LogP contribution >= 0.6 is 11.6 Å². The van der Waals surface area contributed by atoms with Crippen molar-refractivity contribution in [3.63, 3.8) is 0 Å². The Kier molecular flexibility index (Phi) is 5.65. The molecule has 0 heterocycles. The molecule has 22 heavy (non-hydrogen) atoms. The van der Waals surface area contributed by atoms with Gasteiger partial charge in [-0.2, -0.15) is 13.2 Å². The summed E-state index contributed by atoms with van der Waals surface area (Å²) in [5.41, 5.74) is 3.53. The van der Waals surface area contributed by atoms with Crippen LogP contribution in [0.25, 0.3) is 0 Å². The number of aliphatic carboxylic acids is 1. The van der Waals surface area contributed by atoms with Crippen LogP contribution in [-0.4, -0.2) is 19.0 Å². The van der Waals surface area contributed by atoms with E-state index >= 15 is 0 Å². The van der Waals surface area contributed by atoms with Gasteiger partial charge in [0, 0.05) is 12.4 Å². The molecule has 1 rings (SSSR count). The Labute approximate surface area is 128 Å². The van der Waals surface area contributed by atoms with Gasteiger partial charge in [-0.1, -0.05) is 11.6 Å². The lowest BCUT2D eigenvalue weighted by Gasteiger charge is -2.18. The first-order valence-electron chi connectivity index (χ1n) is 5.99. The predicted molar refractivity (Wildman–Crippen MR) is 69.7 cm³/mol. The number of hydrogen-bond acceptors (Lipinski definition) is 5. The number of nitrogen functional groups attached to an aromatic ring is 1. The van der Waals surface area contributed by atoms with Gasteiger partial charge in [0.15, 0.2) is 0 Å². The maximum absolute atomic E-state index is 12.8. The van der Waals surface area contributed by atoms with Crippen molar-refractivity contribution in [2.45, 2.75) is 19.0 Å². The van der Waals surface area contributed by atoms with Gasteiger partial charge in [-0.05, 0) is 24.1 Å². The highest BCUT2D eigenvalue weighted by molar-refractivity contribution is 6.33. The molecule has 0 saturated heterocycles. The number of carbonyl (C=O) groups is 2. The molecule has 2 N–H and O–H groups in total. The van der Waals surface area contributed by atoms with E-state index in [1.54, 1.807) is 0 Å². The number of carboxylic acids is 1. The van der Waals surface area contributed by atoms with Gasteiger partial charge in [-0.3, -0.25) is 4.79 Å². The Morgan fingerprint density at radius 2 is 2.00 bits per heavy atom.